The highest BCUT2D eigenvalue weighted by molar-refractivity contribution is 14.0. The molecule has 2 rings (SSSR count). The quantitative estimate of drug-likeness (QED) is 0.213. The van der Waals surface area contributed by atoms with E-state index in [2.05, 4.69) is 27.6 Å². The highest BCUT2D eigenvalue weighted by Crippen LogP contribution is 2.19. The van der Waals surface area contributed by atoms with E-state index >= 15 is 0 Å². The Morgan fingerprint density at radius 2 is 2.00 bits per heavy atom. The Morgan fingerprint density at radius 3 is 2.61 bits per heavy atom. The van der Waals surface area contributed by atoms with Crippen molar-refractivity contribution >= 4 is 29.9 Å². The molecule has 28 heavy (non-hydrogen) atoms. The minimum absolute atomic E-state index is 0. The SMILES string of the molecule is CCNC(=NCC(C)(O)c1cnn(C)c1)NCCCOc1ccc(C)cc1.I. The molecule has 0 aliphatic heterocycles. The minimum Gasteiger partial charge on any atom is -0.494 e. The molecule has 1 atom stereocenters. The van der Waals surface area contributed by atoms with Gasteiger partial charge in [0.2, 0.25) is 0 Å². The third-order valence-corrected chi connectivity index (χ3v) is 4.12. The van der Waals surface area contributed by atoms with E-state index in [0.717, 1.165) is 30.8 Å². The van der Waals surface area contributed by atoms with Crippen LogP contribution in [0.4, 0.5) is 0 Å². The van der Waals surface area contributed by atoms with Gasteiger partial charge in [0.25, 0.3) is 0 Å². The van der Waals surface area contributed by atoms with Gasteiger partial charge in [0.15, 0.2) is 5.96 Å². The molecule has 0 spiro atoms. The van der Waals surface area contributed by atoms with Crippen molar-refractivity contribution < 1.29 is 9.84 Å². The van der Waals surface area contributed by atoms with Gasteiger partial charge >= 0.3 is 0 Å². The molecule has 0 saturated heterocycles. The number of aromatic nitrogens is 2. The molecule has 1 heterocycles. The van der Waals surface area contributed by atoms with Crippen LogP contribution in [0.25, 0.3) is 0 Å². The molecule has 0 aliphatic rings. The Balaban J connectivity index is 0.00000392. The van der Waals surface area contributed by atoms with Crippen molar-refractivity contribution in [2.45, 2.75) is 32.8 Å². The first-order valence-electron chi connectivity index (χ1n) is 9.34. The van der Waals surface area contributed by atoms with E-state index in [1.54, 1.807) is 24.0 Å². The molecule has 3 N–H and O–H groups in total. The van der Waals surface area contributed by atoms with E-state index in [0.29, 0.717) is 12.6 Å². The van der Waals surface area contributed by atoms with E-state index in [9.17, 15) is 5.11 Å². The van der Waals surface area contributed by atoms with Gasteiger partial charge in [0.1, 0.15) is 11.4 Å². The Hall–Kier alpha value is -1.81. The molecule has 0 radical (unpaired) electrons. The van der Waals surface area contributed by atoms with Crippen LogP contribution in [0.15, 0.2) is 41.7 Å². The average molecular weight is 501 g/mol. The molecule has 1 unspecified atom stereocenters. The van der Waals surface area contributed by atoms with Crippen LogP contribution in [-0.4, -0.2) is 47.1 Å². The monoisotopic (exact) mass is 501 g/mol. The van der Waals surface area contributed by atoms with E-state index in [1.807, 2.05) is 38.2 Å². The summed E-state index contributed by atoms with van der Waals surface area (Å²) in [7, 11) is 1.83. The van der Waals surface area contributed by atoms with Gasteiger partial charge in [0, 0.05) is 31.9 Å². The molecule has 7 nitrogen and oxygen atoms in total. The third-order valence-electron chi connectivity index (χ3n) is 4.12. The summed E-state index contributed by atoms with van der Waals surface area (Å²) in [5.74, 6) is 1.56. The Labute approximate surface area is 184 Å². The van der Waals surface area contributed by atoms with Gasteiger partial charge in [-0.1, -0.05) is 17.7 Å². The normalized spacial score (nSPS) is 13.4. The topological polar surface area (TPSA) is 83.7 Å². The predicted molar refractivity (Wildman–Crippen MR) is 123 cm³/mol. The highest BCUT2D eigenvalue weighted by atomic mass is 127. The largest absolute Gasteiger partial charge is 0.494 e. The first kappa shape index (κ1) is 24.2. The molecule has 0 aliphatic carbocycles. The van der Waals surface area contributed by atoms with Gasteiger partial charge in [-0.2, -0.15) is 5.10 Å². The Kier molecular flexibility index (Phi) is 10.3. The van der Waals surface area contributed by atoms with Gasteiger partial charge in [-0.3, -0.25) is 4.68 Å². The number of aliphatic imine (C=N–C) groups is 1. The summed E-state index contributed by atoms with van der Waals surface area (Å²) in [6.07, 6.45) is 4.31. The summed E-state index contributed by atoms with van der Waals surface area (Å²) >= 11 is 0. The molecule has 156 valence electrons. The Morgan fingerprint density at radius 1 is 1.29 bits per heavy atom. The van der Waals surface area contributed by atoms with Crippen molar-refractivity contribution in [3.8, 4) is 5.75 Å². The number of aliphatic hydroxyl groups is 1. The van der Waals surface area contributed by atoms with Gasteiger partial charge in [-0.25, -0.2) is 4.99 Å². The molecule has 2 aromatic rings. The Bertz CT molecular complexity index is 728. The minimum atomic E-state index is -1.06. The van der Waals surface area contributed by atoms with Crippen LogP contribution < -0.4 is 15.4 Å². The van der Waals surface area contributed by atoms with E-state index < -0.39 is 5.60 Å². The first-order chi connectivity index (χ1) is 12.9. The standard InChI is InChI=1S/C20H31N5O2.HI/c1-5-21-19(23-15-20(3,26)17-13-24-25(4)14-17)22-11-6-12-27-18-9-7-16(2)8-10-18;/h7-10,13-14,26H,5-6,11-12,15H2,1-4H3,(H2,21,22,23);1H. The summed E-state index contributed by atoms with van der Waals surface area (Å²) in [4.78, 5) is 4.50. The lowest BCUT2D eigenvalue weighted by atomic mass is 10.0. The van der Waals surface area contributed by atoms with Crippen LogP contribution >= 0.6 is 24.0 Å². The van der Waals surface area contributed by atoms with Crippen LogP contribution in [0.1, 0.15) is 31.4 Å². The summed E-state index contributed by atoms with van der Waals surface area (Å²) in [6, 6.07) is 8.04. The highest BCUT2D eigenvalue weighted by Gasteiger charge is 2.24. The molecule has 0 fully saturated rings. The van der Waals surface area contributed by atoms with Crippen molar-refractivity contribution in [1.82, 2.24) is 20.4 Å². The fraction of sp³-hybridized carbons (Fsp3) is 0.500. The fourth-order valence-corrected chi connectivity index (χ4v) is 2.47. The number of rotatable bonds is 9. The average Bonchev–Trinajstić information content (AvgIpc) is 3.08. The zero-order valence-electron chi connectivity index (χ0n) is 17.1. The van der Waals surface area contributed by atoms with Gasteiger partial charge in [-0.05, 0) is 39.3 Å². The van der Waals surface area contributed by atoms with Crippen molar-refractivity contribution in [3.63, 3.8) is 0 Å². The smallest absolute Gasteiger partial charge is 0.191 e. The lowest BCUT2D eigenvalue weighted by Gasteiger charge is -2.20. The van der Waals surface area contributed by atoms with Crippen molar-refractivity contribution in [2.75, 3.05) is 26.2 Å². The lowest BCUT2D eigenvalue weighted by Crippen LogP contribution is -2.39. The summed E-state index contributed by atoms with van der Waals surface area (Å²) in [5, 5.41) is 21.2. The zero-order chi connectivity index (χ0) is 19.7. The molecule has 0 saturated carbocycles. The predicted octanol–water partition coefficient (Wildman–Crippen LogP) is 2.58. The first-order valence-corrected chi connectivity index (χ1v) is 9.34. The number of hydrogen-bond donors (Lipinski definition) is 3. The van der Waals surface area contributed by atoms with Crippen LogP contribution in [-0.2, 0) is 12.6 Å². The number of ether oxygens (including phenoxy) is 1. The van der Waals surface area contributed by atoms with Gasteiger partial charge in [0.05, 0.1) is 19.3 Å². The van der Waals surface area contributed by atoms with Crippen LogP contribution in [0.5, 0.6) is 5.75 Å². The van der Waals surface area contributed by atoms with Crippen molar-refractivity contribution in [2.24, 2.45) is 12.0 Å². The molecular weight excluding hydrogens is 469 g/mol. The number of nitrogens with one attached hydrogen (secondary N) is 2. The molecular formula is C20H32IN5O2. The number of benzene rings is 1. The summed E-state index contributed by atoms with van der Waals surface area (Å²) in [5.41, 5.74) is 0.902. The second-order valence-electron chi connectivity index (χ2n) is 6.81. The number of halogens is 1. The maximum absolute atomic E-state index is 10.6. The zero-order valence-corrected chi connectivity index (χ0v) is 19.4. The molecule has 8 heteroatoms. The fourth-order valence-electron chi connectivity index (χ4n) is 2.47. The number of nitrogens with zero attached hydrogens (tertiary/aromatic N) is 3. The summed E-state index contributed by atoms with van der Waals surface area (Å²) in [6.45, 7) is 8.16. The maximum Gasteiger partial charge on any atom is 0.191 e. The maximum atomic E-state index is 10.6. The van der Waals surface area contributed by atoms with E-state index in [-0.39, 0.29) is 30.5 Å². The van der Waals surface area contributed by atoms with Crippen LogP contribution in [0, 0.1) is 6.92 Å². The molecule has 0 amide bonds. The second-order valence-corrected chi connectivity index (χ2v) is 6.81. The van der Waals surface area contributed by atoms with Gasteiger partial charge in [-0.15, -0.1) is 24.0 Å². The van der Waals surface area contributed by atoms with Gasteiger partial charge < -0.3 is 20.5 Å². The van der Waals surface area contributed by atoms with Crippen molar-refractivity contribution in [3.05, 3.63) is 47.8 Å². The van der Waals surface area contributed by atoms with E-state index in [1.165, 1.54) is 5.56 Å². The van der Waals surface area contributed by atoms with Crippen LogP contribution in [0.3, 0.4) is 0 Å². The molecule has 1 aromatic carbocycles. The van der Waals surface area contributed by atoms with E-state index in [4.69, 9.17) is 4.74 Å². The molecule has 0 bridgehead atoms. The number of hydrogen-bond acceptors (Lipinski definition) is 4. The number of aryl methyl sites for hydroxylation is 2. The lowest BCUT2D eigenvalue weighted by molar-refractivity contribution is 0.0672. The third kappa shape index (κ3) is 8.05. The van der Waals surface area contributed by atoms with Crippen molar-refractivity contribution in [1.29, 1.82) is 0 Å². The summed E-state index contributed by atoms with van der Waals surface area (Å²) < 4.78 is 7.40. The van der Waals surface area contributed by atoms with Crippen LogP contribution in [0.2, 0.25) is 0 Å². The number of guanidine groups is 1. The molecule has 1 aromatic heterocycles. The second kappa shape index (κ2) is 11.9.